The van der Waals surface area contributed by atoms with Crippen LogP contribution in [-0.2, 0) is 16.6 Å². The first-order chi connectivity index (χ1) is 8.53. The number of H-pyrrole nitrogens is 1. The van der Waals surface area contributed by atoms with Gasteiger partial charge in [-0.15, -0.1) is 0 Å². The summed E-state index contributed by atoms with van der Waals surface area (Å²) in [5.74, 6) is 0.351. The number of rotatable bonds is 8. The van der Waals surface area contributed by atoms with Crippen LogP contribution < -0.4 is 4.72 Å². The van der Waals surface area contributed by atoms with E-state index in [1.54, 1.807) is 6.07 Å². The summed E-state index contributed by atoms with van der Waals surface area (Å²) in [7, 11) is -3.49. The van der Waals surface area contributed by atoms with E-state index in [0.29, 0.717) is 18.9 Å². The minimum atomic E-state index is -3.49. The van der Waals surface area contributed by atoms with Crippen molar-refractivity contribution in [2.24, 2.45) is 0 Å². The second-order valence-corrected chi connectivity index (χ2v) is 5.81. The van der Waals surface area contributed by atoms with Crippen molar-refractivity contribution in [3.63, 3.8) is 0 Å². The van der Waals surface area contributed by atoms with Crippen molar-refractivity contribution in [1.82, 2.24) is 14.5 Å². The predicted molar refractivity (Wildman–Crippen MR) is 72.7 cm³/mol. The fourth-order valence-electron chi connectivity index (χ4n) is 1.64. The Labute approximate surface area is 109 Å². The molecule has 0 aliphatic carbocycles. The summed E-state index contributed by atoms with van der Waals surface area (Å²) in [6, 6.07) is 1.72. The Morgan fingerprint density at radius 3 is 2.33 bits per heavy atom. The van der Waals surface area contributed by atoms with Gasteiger partial charge in [-0.05, 0) is 19.3 Å². The van der Waals surface area contributed by atoms with Crippen molar-refractivity contribution in [2.45, 2.75) is 40.0 Å². The third-order valence-electron chi connectivity index (χ3n) is 2.53. The summed E-state index contributed by atoms with van der Waals surface area (Å²) in [6.45, 7) is 6.94. The Kier molecular flexibility index (Phi) is 5.61. The monoisotopic (exact) mass is 274 g/mol. The van der Waals surface area contributed by atoms with Gasteiger partial charge in [-0.25, -0.2) is 0 Å². The molecule has 0 amide bonds. The number of aromatic nitrogens is 2. The van der Waals surface area contributed by atoms with E-state index in [-0.39, 0.29) is 0 Å². The van der Waals surface area contributed by atoms with E-state index >= 15 is 0 Å². The molecule has 0 unspecified atom stereocenters. The van der Waals surface area contributed by atoms with Crippen LogP contribution in [0.25, 0.3) is 0 Å². The molecule has 0 aliphatic rings. The molecule has 1 aromatic heterocycles. The van der Waals surface area contributed by atoms with E-state index < -0.39 is 10.2 Å². The maximum Gasteiger partial charge on any atom is 0.302 e. The zero-order chi connectivity index (χ0) is 13.6. The van der Waals surface area contributed by atoms with Crippen LogP contribution in [0, 0.1) is 0 Å². The highest BCUT2D eigenvalue weighted by atomic mass is 32.2. The lowest BCUT2D eigenvalue weighted by atomic mass is 10.3. The summed E-state index contributed by atoms with van der Waals surface area (Å²) in [5.41, 5.74) is 0.908. The zero-order valence-electron chi connectivity index (χ0n) is 11.2. The molecule has 7 heteroatoms. The summed E-state index contributed by atoms with van der Waals surface area (Å²) < 4.78 is 28.2. The van der Waals surface area contributed by atoms with Gasteiger partial charge in [0.05, 0.1) is 0 Å². The van der Waals surface area contributed by atoms with Gasteiger partial charge in [-0.2, -0.15) is 17.8 Å². The molecule has 1 aromatic rings. The second kappa shape index (κ2) is 6.75. The maximum absolute atomic E-state index is 12.1. The molecule has 0 bridgehead atoms. The molecule has 0 radical (unpaired) electrons. The normalized spacial score (nSPS) is 12.0. The van der Waals surface area contributed by atoms with Gasteiger partial charge in [0.15, 0.2) is 5.82 Å². The quantitative estimate of drug-likeness (QED) is 0.758. The van der Waals surface area contributed by atoms with E-state index in [2.05, 4.69) is 14.9 Å². The molecule has 0 saturated carbocycles. The average molecular weight is 274 g/mol. The summed E-state index contributed by atoms with van der Waals surface area (Å²) in [6.07, 6.45) is 2.38. The largest absolute Gasteiger partial charge is 0.302 e. The van der Waals surface area contributed by atoms with Crippen molar-refractivity contribution < 1.29 is 8.42 Å². The smallest absolute Gasteiger partial charge is 0.280 e. The van der Waals surface area contributed by atoms with E-state index in [9.17, 15) is 8.42 Å². The van der Waals surface area contributed by atoms with E-state index in [0.717, 1.165) is 25.0 Å². The fraction of sp³-hybridized carbons (Fsp3) is 0.727. The number of aryl methyl sites for hydroxylation is 1. The lowest BCUT2D eigenvalue weighted by molar-refractivity contribution is 0.413. The van der Waals surface area contributed by atoms with Crippen LogP contribution in [0.3, 0.4) is 0 Å². The molecule has 0 fully saturated rings. The predicted octanol–water partition coefficient (Wildman–Crippen LogP) is 1.75. The molecule has 1 rings (SSSR count). The van der Waals surface area contributed by atoms with Crippen molar-refractivity contribution >= 4 is 16.0 Å². The number of aromatic amines is 1. The first-order valence-electron chi connectivity index (χ1n) is 6.35. The van der Waals surface area contributed by atoms with Crippen LogP contribution in [0.5, 0.6) is 0 Å². The molecule has 0 spiro atoms. The highest BCUT2D eigenvalue weighted by Gasteiger charge is 2.21. The Morgan fingerprint density at radius 2 is 1.89 bits per heavy atom. The fourth-order valence-corrected chi connectivity index (χ4v) is 2.99. The lowest BCUT2D eigenvalue weighted by Gasteiger charge is -2.20. The molecule has 1 heterocycles. The highest BCUT2D eigenvalue weighted by Crippen LogP contribution is 2.11. The number of nitrogens with zero attached hydrogens (tertiary/aromatic N) is 2. The van der Waals surface area contributed by atoms with Crippen molar-refractivity contribution in [2.75, 3.05) is 17.8 Å². The Balaban J connectivity index is 2.78. The van der Waals surface area contributed by atoms with Crippen molar-refractivity contribution in [3.05, 3.63) is 11.8 Å². The maximum atomic E-state index is 12.1. The minimum absolute atomic E-state index is 0.351. The van der Waals surface area contributed by atoms with Crippen molar-refractivity contribution in [1.29, 1.82) is 0 Å². The summed E-state index contributed by atoms with van der Waals surface area (Å²) in [5, 5.41) is 6.72. The molecular formula is C11H22N4O2S. The molecule has 2 N–H and O–H groups in total. The third kappa shape index (κ3) is 3.99. The van der Waals surface area contributed by atoms with Crippen LogP contribution in [0.4, 0.5) is 5.82 Å². The van der Waals surface area contributed by atoms with Crippen LogP contribution in [0.15, 0.2) is 6.07 Å². The SMILES string of the molecule is CCCN(CCC)S(=O)(=O)Nc1cc(CC)[nH]n1. The minimum Gasteiger partial charge on any atom is -0.280 e. The Morgan fingerprint density at radius 1 is 1.28 bits per heavy atom. The van der Waals surface area contributed by atoms with E-state index in [1.165, 1.54) is 4.31 Å². The molecule has 0 saturated heterocycles. The van der Waals surface area contributed by atoms with E-state index in [1.807, 2.05) is 20.8 Å². The number of hydrogen-bond acceptors (Lipinski definition) is 3. The molecule has 104 valence electrons. The van der Waals surface area contributed by atoms with E-state index in [4.69, 9.17) is 0 Å². The van der Waals surface area contributed by atoms with Gasteiger partial charge >= 0.3 is 10.2 Å². The highest BCUT2D eigenvalue weighted by molar-refractivity contribution is 7.90. The molecule has 0 aliphatic heterocycles. The van der Waals surface area contributed by atoms with Crippen LogP contribution >= 0.6 is 0 Å². The van der Waals surface area contributed by atoms with Gasteiger partial charge in [-0.3, -0.25) is 9.82 Å². The Bertz CT molecular complexity index is 449. The standard InChI is InChI=1S/C11H22N4O2S/c1-4-7-15(8-5-2)18(16,17)14-11-9-10(6-3)12-13-11/h9H,4-8H2,1-3H3,(H2,12,13,14). The average Bonchev–Trinajstić information content (AvgIpc) is 2.75. The first kappa shape index (κ1) is 15.0. The van der Waals surface area contributed by atoms with Crippen LogP contribution in [0.1, 0.15) is 39.3 Å². The zero-order valence-corrected chi connectivity index (χ0v) is 12.0. The third-order valence-corrected chi connectivity index (χ3v) is 4.04. The van der Waals surface area contributed by atoms with Gasteiger partial charge in [0.2, 0.25) is 0 Å². The lowest BCUT2D eigenvalue weighted by Crippen LogP contribution is -2.37. The topological polar surface area (TPSA) is 78.1 Å². The molecule has 0 atom stereocenters. The van der Waals surface area contributed by atoms with Gasteiger partial charge < -0.3 is 0 Å². The van der Waals surface area contributed by atoms with Crippen LogP contribution in [-0.4, -0.2) is 36.0 Å². The van der Waals surface area contributed by atoms with Crippen molar-refractivity contribution in [3.8, 4) is 0 Å². The van der Waals surface area contributed by atoms with Gasteiger partial charge in [0, 0.05) is 24.8 Å². The number of anilines is 1. The summed E-state index contributed by atoms with van der Waals surface area (Å²) >= 11 is 0. The molecule has 6 nitrogen and oxygen atoms in total. The number of hydrogen-bond donors (Lipinski definition) is 2. The summed E-state index contributed by atoms with van der Waals surface area (Å²) in [4.78, 5) is 0. The second-order valence-electron chi connectivity index (χ2n) is 4.14. The van der Waals surface area contributed by atoms with Gasteiger partial charge in [0.1, 0.15) is 0 Å². The molecular weight excluding hydrogens is 252 g/mol. The number of nitrogens with one attached hydrogen (secondary N) is 2. The van der Waals surface area contributed by atoms with Gasteiger partial charge in [-0.1, -0.05) is 20.8 Å². The van der Waals surface area contributed by atoms with Gasteiger partial charge in [0.25, 0.3) is 0 Å². The molecule has 18 heavy (non-hydrogen) atoms. The Hall–Kier alpha value is -1.08. The molecule has 0 aromatic carbocycles. The van der Waals surface area contributed by atoms with Crippen LogP contribution in [0.2, 0.25) is 0 Å². The first-order valence-corrected chi connectivity index (χ1v) is 7.79.